The van der Waals surface area contributed by atoms with E-state index in [1.54, 1.807) is 18.2 Å². The number of nitrogens with zero attached hydrogens (tertiary/aromatic N) is 4. The number of amides is 1. The molecule has 0 fully saturated rings. The van der Waals surface area contributed by atoms with Crippen LogP contribution in [-0.2, 0) is 6.54 Å². The molecule has 0 atom stereocenters. The number of nitrogens with one attached hydrogen (secondary N) is 1. The molecule has 2 aromatic carbocycles. The maximum absolute atomic E-state index is 12.4. The van der Waals surface area contributed by atoms with E-state index in [0.29, 0.717) is 22.8 Å². The molecule has 0 aliphatic carbocycles. The molecule has 1 heterocycles. The van der Waals surface area contributed by atoms with Crippen LogP contribution in [0.4, 0.5) is 0 Å². The van der Waals surface area contributed by atoms with Crippen molar-refractivity contribution < 1.29 is 4.79 Å². The second-order valence-corrected chi connectivity index (χ2v) is 5.02. The van der Waals surface area contributed by atoms with E-state index < -0.39 is 0 Å². The van der Waals surface area contributed by atoms with Gasteiger partial charge in [0.15, 0.2) is 0 Å². The first-order valence-electron chi connectivity index (χ1n) is 6.59. The first-order chi connectivity index (χ1) is 10.7. The third-order valence-corrected chi connectivity index (χ3v) is 3.33. The molecular weight excluding hydrogens is 302 g/mol. The van der Waals surface area contributed by atoms with Crippen LogP contribution in [0.1, 0.15) is 15.9 Å². The summed E-state index contributed by atoms with van der Waals surface area (Å²) in [5.41, 5.74) is 2.00. The summed E-state index contributed by atoms with van der Waals surface area (Å²) in [6, 6.07) is 14.6. The number of aromatic nitrogens is 4. The van der Waals surface area contributed by atoms with E-state index in [1.165, 1.54) is 11.0 Å². The Hall–Kier alpha value is -2.73. The van der Waals surface area contributed by atoms with Gasteiger partial charge >= 0.3 is 0 Å². The Bertz CT molecular complexity index is 774. The predicted octanol–water partition coefficient (Wildman–Crippen LogP) is 2.25. The van der Waals surface area contributed by atoms with E-state index >= 15 is 0 Å². The zero-order valence-corrected chi connectivity index (χ0v) is 12.2. The molecule has 1 aromatic heterocycles. The molecule has 0 radical (unpaired) electrons. The third-order valence-electron chi connectivity index (χ3n) is 3.10. The number of carbonyl (C=O) groups is 1. The SMILES string of the molecule is O=C(NCc1ccccc1)c1ccc(Cl)cc1-n1cnnn1. The van der Waals surface area contributed by atoms with Crippen LogP contribution >= 0.6 is 11.6 Å². The quantitative estimate of drug-likeness (QED) is 0.802. The molecule has 0 unspecified atom stereocenters. The molecule has 22 heavy (non-hydrogen) atoms. The lowest BCUT2D eigenvalue weighted by atomic mass is 10.1. The van der Waals surface area contributed by atoms with E-state index in [0.717, 1.165) is 5.56 Å². The Labute approximate surface area is 131 Å². The highest BCUT2D eigenvalue weighted by Crippen LogP contribution is 2.19. The molecule has 3 rings (SSSR count). The number of halogens is 1. The minimum absolute atomic E-state index is 0.217. The second-order valence-electron chi connectivity index (χ2n) is 4.58. The standard InChI is InChI=1S/C15H12ClN5O/c16-12-6-7-13(14(8-12)21-10-18-19-20-21)15(22)17-9-11-4-2-1-3-5-11/h1-8,10H,9H2,(H,17,22). The lowest BCUT2D eigenvalue weighted by Crippen LogP contribution is -2.24. The molecule has 0 bridgehead atoms. The van der Waals surface area contributed by atoms with Gasteiger partial charge in [-0.25, -0.2) is 0 Å². The number of rotatable bonds is 4. The van der Waals surface area contributed by atoms with E-state index in [2.05, 4.69) is 20.8 Å². The Balaban J connectivity index is 1.83. The Morgan fingerprint density at radius 3 is 2.73 bits per heavy atom. The lowest BCUT2D eigenvalue weighted by molar-refractivity contribution is 0.0951. The zero-order valence-electron chi connectivity index (χ0n) is 11.5. The topological polar surface area (TPSA) is 72.7 Å². The van der Waals surface area contributed by atoms with Crippen LogP contribution in [-0.4, -0.2) is 26.1 Å². The van der Waals surface area contributed by atoms with Crippen molar-refractivity contribution in [3.8, 4) is 5.69 Å². The average molecular weight is 314 g/mol. The fourth-order valence-corrected chi connectivity index (χ4v) is 2.20. The van der Waals surface area contributed by atoms with Crippen molar-refractivity contribution in [2.24, 2.45) is 0 Å². The van der Waals surface area contributed by atoms with Gasteiger partial charge in [-0.05, 0) is 34.2 Å². The first kappa shape index (κ1) is 14.2. The molecule has 3 aromatic rings. The van der Waals surface area contributed by atoms with Crippen molar-refractivity contribution in [3.63, 3.8) is 0 Å². The molecule has 110 valence electrons. The number of tetrazole rings is 1. The van der Waals surface area contributed by atoms with Gasteiger partial charge in [0.05, 0.1) is 11.3 Å². The molecule has 7 heteroatoms. The van der Waals surface area contributed by atoms with E-state index in [1.807, 2.05) is 30.3 Å². The van der Waals surface area contributed by atoms with Gasteiger partial charge in [-0.2, -0.15) is 4.68 Å². The van der Waals surface area contributed by atoms with Gasteiger partial charge in [0.2, 0.25) is 0 Å². The van der Waals surface area contributed by atoms with Crippen LogP contribution in [0.25, 0.3) is 5.69 Å². The zero-order chi connectivity index (χ0) is 15.4. The molecule has 0 aliphatic rings. The van der Waals surface area contributed by atoms with Gasteiger partial charge in [0.1, 0.15) is 6.33 Å². The van der Waals surface area contributed by atoms with Crippen molar-refractivity contribution in [1.29, 1.82) is 0 Å². The van der Waals surface area contributed by atoms with Crippen LogP contribution in [0.2, 0.25) is 5.02 Å². The lowest BCUT2D eigenvalue weighted by Gasteiger charge is -2.10. The van der Waals surface area contributed by atoms with Gasteiger partial charge in [-0.15, -0.1) is 5.10 Å². The van der Waals surface area contributed by atoms with Crippen LogP contribution in [0.3, 0.4) is 0 Å². The third kappa shape index (κ3) is 3.12. The summed E-state index contributed by atoms with van der Waals surface area (Å²) in [6.07, 6.45) is 1.42. The highest BCUT2D eigenvalue weighted by Gasteiger charge is 2.14. The molecule has 6 nitrogen and oxygen atoms in total. The predicted molar refractivity (Wildman–Crippen MR) is 81.8 cm³/mol. The van der Waals surface area contributed by atoms with E-state index in [9.17, 15) is 4.79 Å². The van der Waals surface area contributed by atoms with Gasteiger partial charge in [0.25, 0.3) is 5.91 Å². The summed E-state index contributed by atoms with van der Waals surface area (Å²) >= 11 is 6.00. The minimum atomic E-state index is -0.217. The maximum Gasteiger partial charge on any atom is 0.253 e. The second kappa shape index (κ2) is 6.36. The van der Waals surface area contributed by atoms with Crippen molar-refractivity contribution in [3.05, 3.63) is 71.0 Å². The monoisotopic (exact) mass is 313 g/mol. The summed E-state index contributed by atoms with van der Waals surface area (Å²) < 4.78 is 1.41. The largest absolute Gasteiger partial charge is 0.348 e. The van der Waals surface area contributed by atoms with Crippen molar-refractivity contribution in [2.75, 3.05) is 0 Å². The molecule has 1 N–H and O–H groups in total. The summed E-state index contributed by atoms with van der Waals surface area (Å²) in [5.74, 6) is -0.217. The van der Waals surface area contributed by atoms with Crippen molar-refractivity contribution in [2.45, 2.75) is 6.54 Å². The fourth-order valence-electron chi connectivity index (χ4n) is 2.03. The molecule has 1 amide bonds. The molecule has 0 saturated carbocycles. The molecule has 0 saturated heterocycles. The normalized spacial score (nSPS) is 10.4. The van der Waals surface area contributed by atoms with Crippen LogP contribution in [0.5, 0.6) is 0 Å². The van der Waals surface area contributed by atoms with Gasteiger partial charge in [-0.3, -0.25) is 4.79 Å². The van der Waals surface area contributed by atoms with Crippen molar-refractivity contribution in [1.82, 2.24) is 25.5 Å². The summed E-state index contributed by atoms with van der Waals surface area (Å²) in [7, 11) is 0. The van der Waals surface area contributed by atoms with Gasteiger partial charge in [0, 0.05) is 11.6 Å². The van der Waals surface area contributed by atoms with Crippen molar-refractivity contribution >= 4 is 17.5 Å². The molecule has 0 spiro atoms. The maximum atomic E-state index is 12.4. The summed E-state index contributed by atoms with van der Waals surface area (Å²) in [6.45, 7) is 0.442. The Morgan fingerprint density at radius 1 is 1.18 bits per heavy atom. The molecule has 0 aliphatic heterocycles. The fraction of sp³-hybridized carbons (Fsp3) is 0.0667. The number of hydrogen-bond donors (Lipinski definition) is 1. The van der Waals surface area contributed by atoms with Crippen LogP contribution < -0.4 is 5.32 Å². The highest BCUT2D eigenvalue weighted by molar-refractivity contribution is 6.31. The highest BCUT2D eigenvalue weighted by atomic mass is 35.5. The van der Waals surface area contributed by atoms with E-state index in [4.69, 9.17) is 11.6 Å². The van der Waals surface area contributed by atoms with Gasteiger partial charge in [-0.1, -0.05) is 41.9 Å². The number of hydrogen-bond acceptors (Lipinski definition) is 4. The summed E-state index contributed by atoms with van der Waals surface area (Å²) in [5, 5.41) is 14.3. The Morgan fingerprint density at radius 2 is 2.00 bits per heavy atom. The minimum Gasteiger partial charge on any atom is -0.348 e. The van der Waals surface area contributed by atoms with Crippen LogP contribution in [0.15, 0.2) is 54.9 Å². The number of benzene rings is 2. The number of carbonyl (C=O) groups excluding carboxylic acids is 1. The van der Waals surface area contributed by atoms with Crippen LogP contribution in [0, 0.1) is 0 Å². The molecular formula is C15H12ClN5O. The first-order valence-corrected chi connectivity index (χ1v) is 6.97. The Kier molecular flexibility index (Phi) is 4.11. The average Bonchev–Trinajstić information content (AvgIpc) is 3.08. The van der Waals surface area contributed by atoms with E-state index in [-0.39, 0.29) is 5.91 Å². The smallest absolute Gasteiger partial charge is 0.253 e. The summed E-state index contributed by atoms with van der Waals surface area (Å²) in [4.78, 5) is 12.4. The van der Waals surface area contributed by atoms with Gasteiger partial charge < -0.3 is 5.32 Å².